The van der Waals surface area contributed by atoms with E-state index in [-0.39, 0.29) is 12.5 Å². The van der Waals surface area contributed by atoms with Crippen LogP contribution >= 0.6 is 0 Å². The lowest BCUT2D eigenvalue weighted by molar-refractivity contribution is -0.119. The first-order chi connectivity index (χ1) is 14.7. The SMILES string of the molecule is COc1ccc(C(=O)OCC(=O)Nc2ccc(N3CCCC3)cc2)c2ccccc12. The number of nitrogens with one attached hydrogen (secondary N) is 1. The fourth-order valence-electron chi connectivity index (χ4n) is 3.76. The molecule has 0 unspecified atom stereocenters. The lowest BCUT2D eigenvalue weighted by atomic mass is 10.0. The number of hydrogen-bond acceptors (Lipinski definition) is 5. The van der Waals surface area contributed by atoms with E-state index >= 15 is 0 Å². The monoisotopic (exact) mass is 404 g/mol. The highest BCUT2D eigenvalue weighted by molar-refractivity contribution is 6.07. The van der Waals surface area contributed by atoms with Crippen LogP contribution in [0.2, 0.25) is 0 Å². The summed E-state index contributed by atoms with van der Waals surface area (Å²) in [6.45, 7) is 1.79. The number of methoxy groups -OCH3 is 1. The van der Waals surface area contributed by atoms with Gasteiger partial charge in [-0.2, -0.15) is 0 Å². The van der Waals surface area contributed by atoms with E-state index in [4.69, 9.17) is 9.47 Å². The fourth-order valence-corrected chi connectivity index (χ4v) is 3.76. The number of ether oxygens (including phenoxy) is 2. The summed E-state index contributed by atoms with van der Waals surface area (Å²) in [4.78, 5) is 27.1. The molecule has 0 saturated carbocycles. The van der Waals surface area contributed by atoms with Crippen LogP contribution in [0.5, 0.6) is 5.75 Å². The largest absolute Gasteiger partial charge is 0.496 e. The number of fused-ring (bicyclic) bond motifs is 1. The van der Waals surface area contributed by atoms with Crippen molar-refractivity contribution in [3.63, 3.8) is 0 Å². The molecule has 3 aromatic rings. The van der Waals surface area contributed by atoms with Crippen molar-refractivity contribution in [2.45, 2.75) is 12.8 Å². The normalized spacial score (nSPS) is 13.3. The van der Waals surface area contributed by atoms with Gasteiger partial charge in [-0.15, -0.1) is 0 Å². The zero-order valence-electron chi connectivity index (χ0n) is 16.9. The number of hydrogen-bond donors (Lipinski definition) is 1. The molecule has 1 saturated heterocycles. The highest BCUT2D eigenvalue weighted by Crippen LogP contribution is 2.28. The van der Waals surface area contributed by atoms with E-state index < -0.39 is 5.97 Å². The summed E-state index contributed by atoms with van der Waals surface area (Å²) in [5.74, 6) is -0.249. The number of carbonyl (C=O) groups is 2. The number of amides is 1. The molecular weight excluding hydrogens is 380 g/mol. The Balaban J connectivity index is 1.37. The van der Waals surface area contributed by atoms with E-state index in [9.17, 15) is 9.59 Å². The zero-order valence-corrected chi connectivity index (χ0v) is 16.9. The number of carbonyl (C=O) groups excluding carboxylic acids is 2. The van der Waals surface area contributed by atoms with E-state index in [1.165, 1.54) is 12.8 Å². The molecule has 6 heteroatoms. The van der Waals surface area contributed by atoms with Gasteiger partial charge >= 0.3 is 5.97 Å². The highest BCUT2D eigenvalue weighted by atomic mass is 16.5. The second-order valence-electron chi connectivity index (χ2n) is 7.23. The number of esters is 1. The van der Waals surface area contributed by atoms with E-state index in [1.807, 2.05) is 48.5 Å². The summed E-state index contributed by atoms with van der Waals surface area (Å²) >= 11 is 0. The third-order valence-corrected chi connectivity index (χ3v) is 5.28. The molecule has 30 heavy (non-hydrogen) atoms. The van der Waals surface area contributed by atoms with Crippen LogP contribution < -0.4 is 15.0 Å². The zero-order chi connectivity index (χ0) is 20.9. The van der Waals surface area contributed by atoms with Crippen LogP contribution in [0.4, 0.5) is 11.4 Å². The first-order valence-electron chi connectivity index (χ1n) is 10.0. The molecule has 1 heterocycles. The van der Waals surface area contributed by atoms with Crippen molar-refractivity contribution >= 4 is 34.0 Å². The lowest BCUT2D eigenvalue weighted by Gasteiger charge is -2.17. The van der Waals surface area contributed by atoms with E-state index in [0.717, 1.165) is 29.5 Å². The van der Waals surface area contributed by atoms with Crippen molar-refractivity contribution < 1.29 is 19.1 Å². The summed E-state index contributed by atoms with van der Waals surface area (Å²) in [5.41, 5.74) is 2.23. The Morgan fingerprint density at radius 2 is 1.63 bits per heavy atom. The lowest BCUT2D eigenvalue weighted by Crippen LogP contribution is -2.21. The third-order valence-electron chi connectivity index (χ3n) is 5.28. The second kappa shape index (κ2) is 8.86. The van der Waals surface area contributed by atoms with Crippen LogP contribution in [0, 0.1) is 0 Å². The molecule has 0 spiro atoms. The Morgan fingerprint density at radius 3 is 2.33 bits per heavy atom. The highest BCUT2D eigenvalue weighted by Gasteiger charge is 2.16. The minimum atomic E-state index is -0.548. The number of nitrogens with zero attached hydrogens (tertiary/aromatic N) is 1. The maximum Gasteiger partial charge on any atom is 0.339 e. The molecule has 0 radical (unpaired) electrons. The molecule has 0 aromatic heterocycles. The Kier molecular flexibility index (Phi) is 5.84. The number of rotatable bonds is 6. The van der Waals surface area contributed by atoms with Gasteiger partial charge in [-0.05, 0) is 54.6 Å². The number of benzene rings is 3. The summed E-state index contributed by atoms with van der Waals surface area (Å²) in [6.07, 6.45) is 2.43. The molecule has 154 valence electrons. The Morgan fingerprint density at radius 1 is 0.933 bits per heavy atom. The molecule has 0 atom stereocenters. The molecule has 6 nitrogen and oxygen atoms in total. The van der Waals surface area contributed by atoms with Crippen molar-refractivity contribution in [2.75, 3.05) is 37.0 Å². The van der Waals surface area contributed by atoms with Crippen LogP contribution in [0.25, 0.3) is 10.8 Å². The van der Waals surface area contributed by atoms with Gasteiger partial charge in [-0.3, -0.25) is 4.79 Å². The van der Waals surface area contributed by atoms with Gasteiger partial charge in [-0.1, -0.05) is 24.3 Å². The van der Waals surface area contributed by atoms with Gasteiger partial charge in [-0.25, -0.2) is 4.79 Å². The molecular formula is C24H24N2O4. The van der Waals surface area contributed by atoms with Gasteiger partial charge in [0, 0.05) is 29.9 Å². The van der Waals surface area contributed by atoms with Gasteiger partial charge in [0.05, 0.1) is 12.7 Å². The van der Waals surface area contributed by atoms with Crippen molar-refractivity contribution in [1.82, 2.24) is 0 Å². The van der Waals surface area contributed by atoms with Gasteiger partial charge in [0.25, 0.3) is 5.91 Å². The fraction of sp³-hybridized carbons (Fsp3) is 0.250. The Labute approximate surface area is 175 Å². The van der Waals surface area contributed by atoms with Crippen LogP contribution in [-0.2, 0) is 9.53 Å². The Hall–Kier alpha value is -3.54. The van der Waals surface area contributed by atoms with E-state index in [0.29, 0.717) is 17.0 Å². The Bertz CT molecular complexity index is 1060. The number of anilines is 2. The molecule has 0 aliphatic carbocycles. The standard InChI is InChI=1S/C24H24N2O4/c1-29-22-13-12-21(19-6-2-3-7-20(19)22)24(28)30-16-23(27)25-17-8-10-18(11-9-17)26-14-4-5-15-26/h2-3,6-13H,4-5,14-16H2,1H3,(H,25,27). The molecule has 1 aliphatic heterocycles. The second-order valence-corrected chi connectivity index (χ2v) is 7.23. The average molecular weight is 404 g/mol. The molecule has 1 N–H and O–H groups in total. The van der Waals surface area contributed by atoms with Crippen LogP contribution in [0.1, 0.15) is 23.2 Å². The summed E-state index contributed by atoms with van der Waals surface area (Å²) < 4.78 is 10.6. The summed E-state index contributed by atoms with van der Waals surface area (Å²) in [7, 11) is 1.59. The van der Waals surface area contributed by atoms with Crippen molar-refractivity contribution in [2.24, 2.45) is 0 Å². The van der Waals surface area contributed by atoms with Crippen LogP contribution in [0.3, 0.4) is 0 Å². The van der Waals surface area contributed by atoms with Crippen LogP contribution in [0.15, 0.2) is 60.7 Å². The first-order valence-corrected chi connectivity index (χ1v) is 10.0. The van der Waals surface area contributed by atoms with Crippen molar-refractivity contribution in [1.29, 1.82) is 0 Å². The molecule has 1 aliphatic rings. The van der Waals surface area contributed by atoms with Crippen molar-refractivity contribution in [3.05, 3.63) is 66.2 Å². The van der Waals surface area contributed by atoms with Gasteiger partial charge in [0.1, 0.15) is 5.75 Å². The molecule has 4 rings (SSSR count). The van der Waals surface area contributed by atoms with Crippen LogP contribution in [-0.4, -0.2) is 38.7 Å². The minimum Gasteiger partial charge on any atom is -0.496 e. The van der Waals surface area contributed by atoms with Gasteiger partial charge < -0.3 is 19.7 Å². The maximum atomic E-state index is 12.6. The van der Waals surface area contributed by atoms with E-state index in [1.54, 1.807) is 19.2 Å². The molecule has 3 aromatic carbocycles. The predicted octanol–water partition coefficient (Wildman–Crippen LogP) is 4.24. The van der Waals surface area contributed by atoms with Crippen molar-refractivity contribution in [3.8, 4) is 5.75 Å². The smallest absolute Gasteiger partial charge is 0.339 e. The van der Waals surface area contributed by atoms with Gasteiger partial charge in [0.2, 0.25) is 0 Å². The predicted molar refractivity (Wildman–Crippen MR) is 117 cm³/mol. The summed E-state index contributed by atoms with van der Waals surface area (Å²) in [6, 6.07) is 18.5. The molecule has 1 amide bonds. The topological polar surface area (TPSA) is 67.9 Å². The maximum absolute atomic E-state index is 12.6. The molecule has 1 fully saturated rings. The average Bonchev–Trinajstić information content (AvgIpc) is 3.32. The summed E-state index contributed by atoms with van der Waals surface area (Å²) in [5, 5.41) is 4.31. The van der Waals surface area contributed by atoms with Gasteiger partial charge in [0.15, 0.2) is 6.61 Å². The quantitative estimate of drug-likeness (QED) is 0.623. The molecule has 0 bridgehead atoms. The third kappa shape index (κ3) is 4.22. The van der Waals surface area contributed by atoms with E-state index in [2.05, 4.69) is 10.2 Å². The first kappa shape index (κ1) is 19.8. The minimum absolute atomic E-state index is 0.354.